The topological polar surface area (TPSA) is 103 Å². The Labute approximate surface area is 138 Å². The summed E-state index contributed by atoms with van der Waals surface area (Å²) in [5.41, 5.74) is 0.000369. The van der Waals surface area contributed by atoms with Crippen LogP contribution in [0, 0.1) is 5.92 Å². The van der Waals surface area contributed by atoms with Crippen LogP contribution in [0.4, 0.5) is 0 Å². The monoisotopic (exact) mass is 333 g/mol. The van der Waals surface area contributed by atoms with Crippen LogP contribution >= 0.6 is 0 Å². The van der Waals surface area contributed by atoms with Crippen molar-refractivity contribution in [2.75, 3.05) is 7.11 Å². The van der Waals surface area contributed by atoms with Crippen molar-refractivity contribution in [3.63, 3.8) is 0 Å². The molecule has 8 nitrogen and oxygen atoms in total. The summed E-state index contributed by atoms with van der Waals surface area (Å²) in [6, 6.07) is 5.43. The van der Waals surface area contributed by atoms with Gasteiger partial charge in [0.25, 0.3) is 5.56 Å². The number of hydrogen-bond acceptors (Lipinski definition) is 6. The molecule has 1 unspecified atom stereocenters. The molecule has 0 aliphatic heterocycles. The van der Waals surface area contributed by atoms with Gasteiger partial charge in [-0.05, 0) is 24.1 Å². The molecular weight excluding hydrogens is 314 g/mol. The smallest absolute Gasteiger partial charge is 0.328 e. The van der Waals surface area contributed by atoms with Crippen molar-refractivity contribution < 1.29 is 18.7 Å². The summed E-state index contributed by atoms with van der Waals surface area (Å²) in [6.45, 7) is 3.25. The SMILES string of the molecule is COC(=O)C(NC(=O)Cn1nc(-c2ccco2)ccc1=O)C(C)C. The lowest BCUT2D eigenvalue weighted by molar-refractivity contribution is -0.146. The van der Waals surface area contributed by atoms with Crippen LogP contribution in [0.15, 0.2) is 39.7 Å². The van der Waals surface area contributed by atoms with Gasteiger partial charge < -0.3 is 14.5 Å². The third-order valence-electron chi connectivity index (χ3n) is 3.37. The maximum absolute atomic E-state index is 12.2. The van der Waals surface area contributed by atoms with Crippen LogP contribution in [-0.2, 0) is 20.9 Å². The summed E-state index contributed by atoms with van der Waals surface area (Å²) in [5, 5.41) is 6.67. The van der Waals surface area contributed by atoms with E-state index in [1.165, 1.54) is 25.5 Å². The van der Waals surface area contributed by atoms with Gasteiger partial charge in [-0.3, -0.25) is 9.59 Å². The predicted molar refractivity (Wildman–Crippen MR) is 85.0 cm³/mol. The van der Waals surface area contributed by atoms with E-state index in [0.717, 1.165) is 4.68 Å². The summed E-state index contributed by atoms with van der Waals surface area (Å²) < 4.78 is 10.9. The van der Waals surface area contributed by atoms with Crippen LogP contribution < -0.4 is 10.9 Å². The van der Waals surface area contributed by atoms with E-state index in [9.17, 15) is 14.4 Å². The van der Waals surface area contributed by atoms with E-state index >= 15 is 0 Å². The Balaban J connectivity index is 2.15. The highest BCUT2D eigenvalue weighted by Crippen LogP contribution is 2.15. The second-order valence-electron chi connectivity index (χ2n) is 5.50. The maximum atomic E-state index is 12.2. The number of rotatable bonds is 6. The summed E-state index contributed by atoms with van der Waals surface area (Å²) in [7, 11) is 1.25. The van der Waals surface area contributed by atoms with Gasteiger partial charge in [-0.15, -0.1) is 0 Å². The molecule has 0 aliphatic carbocycles. The van der Waals surface area contributed by atoms with Crippen molar-refractivity contribution in [1.29, 1.82) is 0 Å². The van der Waals surface area contributed by atoms with Crippen molar-refractivity contribution in [3.05, 3.63) is 40.9 Å². The Bertz CT molecular complexity index is 764. The lowest BCUT2D eigenvalue weighted by atomic mass is 10.0. The Morgan fingerprint density at radius 2 is 2.08 bits per heavy atom. The molecule has 0 radical (unpaired) electrons. The first-order valence-corrected chi connectivity index (χ1v) is 7.41. The molecule has 8 heteroatoms. The summed E-state index contributed by atoms with van der Waals surface area (Å²) >= 11 is 0. The number of esters is 1. The zero-order chi connectivity index (χ0) is 17.7. The molecule has 2 aromatic heterocycles. The maximum Gasteiger partial charge on any atom is 0.328 e. The minimum absolute atomic E-state index is 0.152. The molecule has 2 aromatic rings. The zero-order valence-electron chi connectivity index (χ0n) is 13.7. The summed E-state index contributed by atoms with van der Waals surface area (Å²) in [6.07, 6.45) is 1.49. The predicted octanol–water partition coefficient (Wildman–Crippen LogP) is 0.817. The average Bonchev–Trinajstić information content (AvgIpc) is 3.08. The van der Waals surface area contributed by atoms with Crippen LogP contribution in [-0.4, -0.2) is 34.8 Å². The zero-order valence-corrected chi connectivity index (χ0v) is 13.7. The highest BCUT2D eigenvalue weighted by atomic mass is 16.5. The quantitative estimate of drug-likeness (QED) is 0.785. The highest BCUT2D eigenvalue weighted by molar-refractivity contribution is 5.84. The molecule has 0 aliphatic rings. The van der Waals surface area contributed by atoms with E-state index in [4.69, 9.17) is 4.42 Å². The molecule has 0 spiro atoms. The van der Waals surface area contributed by atoms with Crippen molar-refractivity contribution in [2.24, 2.45) is 5.92 Å². The normalized spacial score (nSPS) is 12.0. The molecule has 128 valence electrons. The van der Waals surface area contributed by atoms with E-state index in [0.29, 0.717) is 11.5 Å². The van der Waals surface area contributed by atoms with Gasteiger partial charge in [0.15, 0.2) is 5.76 Å². The van der Waals surface area contributed by atoms with Gasteiger partial charge in [-0.25, -0.2) is 9.48 Å². The van der Waals surface area contributed by atoms with Gasteiger partial charge in [0, 0.05) is 6.07 Å². The standard InChI is InChI=1S/C16H19N3O5/c1-10(2)15(16(22)23-3)17-13(20)9-19-14(21)7-6-11(18-19)12-5-4-8-24-12/h4-8,10,15H,9H2,1-3H3,(H,17,20). The van der Waals surface area contributed by atoms with Gasteiger partial charge in [0.2, 0.25) is 5.91 Å². The first-order valence-electron chi connectivity index (χ1n) is 7.41. The Morgan fingerprint density at radius 1 is 1.33 bits per heavy atom. The van der Waals surface area contributed by atoms with Crippen LogP contribution in [0.3, 0.4) is 0 Å². The number of carbonyl (C=O) groups is 2. The second kappa shape index (κ2) is 7.58. The lowest BCUT2D eigenvalue weighted by Gasteiger charge is -2.19. The number of aromatic nitrogens is 2. The number of hydrogen-bond donors (Lipinski definition) is 1. The third kappa shape index (κ3) is 4.09. The first kappa shape index (κ1) is 17.5. The molecule has 2 rings (SSSR count). The number of carbonyl (C=O) groups excluding carboxylic acids is 2. The molecule has 0 fully saturated rings. The fourth-order valence-corrected chi connectivity index (χ4v) is 2.10. The first-order chi connectivity index (χ1) is 11.4. The van der Waals surface area contributed by atoms with Crippen LogP contribution in [0.25, 0.3) is 11.5 Å². The van der Waals surface area contributed by atoms with E-state index in [2.05, 4.69) is 15.2 Å². The molecule has 0 bridgehead atoms. The molecule has 1 atom stereocenters. The number of amides is 1. The highest BCUT2D eigenvalue weighted by Gasteiger charge is 2.25. The van der Waals surface area contributed by atoms with Gasteiger partial charge in [-0.1, -0.05) is 13.8 Å². The van der Waals surface area contributed by atoms with E-state index in [-0.39, 0.29) is 12.5 Å². The number of nitrogens with one attached hydrogen (secondary N) is 1. The van der Waals surface area contributed by atoms with Crippen LogP contribution in [0.1, 0.15) is 13.8 Å². The molecule has 0 saturated carbocycles. The minimum Gasteiger partial charge on any atom is -0.467 e. The van der Waals surface area contributed by atoms with E-state index in [1.807, 2.05) is 0 Å². The number of furan rings is 1. The van der Waals surface area contributed by atoms with Gasteiger partial charge >= 0.3 is 5.97 Å². The van der Waals surface area contributed by atoms with Gasteiger partial charge in [-0.2, -0.15) is 5.10 Å². The average molecular weight is 333 g/mol. The second-order valence-corrected chi connectivity index (χ2v) is 5.50. The number of ether oxygens (including phenoxy) is 1. The Hall–Kier alpha value is -2.90. The largest absolute Gasteiger partial charge is 0.467 e. The number of methoxy groups -OCH3 is 1. The van der Waals surface area contributed by atoms with Crippen molar-refractivity contribution in [1.82, 2.24) is 15.1 Å². The van der Waals surface area contributed by atoms with Crippen molar-refractivity contribution >= 4 is 11.9 Å². The lowest BCUT2D eigenvalue weighted by Crippen LogP contribution is -2.47. The fraction of sp³-hybridized carbons (Fsp3) is 0.375. The summed E-state index contributed by atoms with van der Waals surface area (Å²) in [4.78, 5) is 35.7. The molecule has 2 heterocycles. The third-order valence-corrected chi connectivity index (χ3v) is 3.37. The van der Waals surface area contributed by atoms with Crippen molar-refractivity contribution in [2.45, 2.75) is 26.4 Å². The Morgan fingerprint density at radius 3 is 2.67 bits per heavy atom. The minimum atomic E-state index is -0.786. The van der Waals surface area contributed by atoms with Gasteiger partial charge in [0.1, 0.15) is 18.3 Å². The molecule has 1 amide bonds. The molecule has 1 N–H and O–H groups in total. The summed E-state index contributed by atoms with van der Waals surface area (Å²) in [5.74, 6) is -0.715. The fourth-order valence-electron chi connectivity index (χ4n) is 2.10. The Kier molecular flexibility index (Phi) is 5.51. The molecular formula is C16H19N3O5. The van der Waals surface area contributed by atoms with E-state index in [1.54, 1.807) is 26.0 Å². The van der Waals surface area contributed by atoms with Crippen molar-refractivity contribution in [3.8, 4) is 11.5 Å². The van der Waals surface area contributed by atoms with Crippen LogP contribution in [0.5, 0.6) is 0 Å². The molecule has 0 aromatic carbocycles. The molecule has 24 heavy (non-hydrogen) atoms. The van der Waals surface area contributed by atoms with E-state index < -0.39 is 23.5 Å². The number of nitrogens with zero attached hydrogens (tertiary/aromatic N) is 2. The van der Waals surface area contributed by atoms with Gasteiger partial charge in [0.05, 0.1) is 13.4 Å². The van der Waals surface area contributed by atoms with Crippen LogP contribution in [0.2, 0.25) is 0 Å². The molecule has 0 saturated heterocycles.